The lowest BCUT2D eigenvalue weighted by Gasteiger charge is -2.38. The van der Waals surface area contributed by atoms with Crippen molar-refractivity contribution < 1.29 is 17.9 Å². The van der Waals surface area contributed by atoms with Gasteiger partial charge in [0.1, 0.15) is 11.4 Å². The molecule has 2 aromatic rings. The Balaban J connectivity index is 1.65. The quantitative estimate of drug-likeness (QED) is 0.692. The Morgan fingerprint density at radius 3 is 2.55 bits per heavy atom. The number of carbonyl (C=O) groups excluding carboxylic acids is 1. The largest absolute Gasteiger partial charge is 0.487 e. The highest BCUT2D eigenvalue weighted by Crippen LogP contribution is 2.39. The maximum Gasteiger partial charge on any atom is 0.232 e. The molecule has 0 bridgehead atoms. The zero-order chi connectivity index (χ0) is 22.8. The minimum absolute atomic E-state index is 0.0900. The van der Waals surface area contributed by atoms with Gasteiger partial charge in [-0.1, -0.05) is 29.8 Å². The molecule has 1 aliphatic rings. The van der Waals surface area contributed by atoms with Crippen molar-refractivity contribution in [3.05, 3.63) is 59.2 Å². The molecule has 1 aliphatic heterocycles. The van der Waals surface area contributed by atoms with Crippen LogP contribution in [0.4, 0.5) is 5.69 Å². The van der Waals surface area contributed by atoms with Gasteiger partial charge < -0.3 is 10.1 Å². The number of benzene rings is 2. The Labute approximate surface area is 185 Å². The van der Waals surface area contributed by atoms with Gasteiger partial charge >= 0.3 is 0 Å². The summed E-state index contributed by atoms with van der Waals surface area (Å²) in [5, 5.41) is 3.13. The second-order valence-electron chi connectivity index (χ2n) is 9.00. The molecule has 1 amide bonds. The number of rotatable bonds is 7. The van der Waals surface area contributed by atoms with Crippen LogP contribution in [0.5, 0.6) is 5.75 Å². The third-order valence-corrected chi connectivity index (χ3v) is 6.61. The molecule has 0 unspecified atom stereocenters. The van der Waals surface area contributed by atoms with Crippen LogP contribution < -0.4 is 14.4 Å². The van der Waals surface area contributed by atoms with Crippen molar-refractivity contribution in [1.82, 2.24) is 5.32 Å². The van der Waals surface area contributed by atoms with Crippen LogP contribution in [0.1, 0.15) is 55.8 Å². The molecular weight excluding hydrogens is 412 g/mol. The maximum absolute atomic E-state index is 12.7. The van der Waals surface area contributed by atoms with E-state index in [0.29, 0.717) is 18.5 Å². The second kappa shape index (κ2) is 8.91. The van der Waals surface area contributed by atoms with Crippen LogP contribution in [0.2, 0.25) is 0 Å². The summed E-state index contributed by atoms with van der Waals surface area (Å²) in [6.45, 7) is 8.22. The Morgan fingerprint density at radius 2 is 1.87 bits per heavy atom. The lowest BCUT2D eigenvalue weighted by molar-refractivity contribution is -0.122. The molecule has 168 valence electrons. The van der Waals surface area contributed by atoms with Crippen LogP contribution >= 0.6 is 0 Å². The van der Waals surface area contributed by atoms with E-state index in [1.807, 2.05) is 58.0 Å². The molecule has 0 saturated carbocycles. The average Bonchev–Trinajstić information content (AvgIpc) is 2.64. The highest BCUT2D eigenvalue weighted by Gasteiger charge is 2.34. The summed E-state index contributed by atoms with van der Waals surface area (Å²) in [6, 6.07) is 13.3. The van der Waals surface area contributed by atoms with Gasteiger partial charge in [-0.25, -0.2) is 8.42 Å². The Morgan fingerprint density at radius 1 is 1.16 bits per heavy atom. The van der Waals surface area contributed by atoms with Crippen molar-refractivity contribution in [3.63, 3.8) is 0 Å². The molecule has 1 heterocycles. The van der Waals surface area contributed by atoms with Gasteiger partial charge in [-0.15, -0.1) is 0 Å². The Bertz CT molecular complexity index is 1060. The van der Waals surface area contributed by atoms with Crippen LogP contribution in [-0.2, 0) is 14.8 Å². The second-order valence-corrected chi connectivity index (χ2v) is 10.9. The molecule has 6 nitrogen and oxygen atoms in total. The number of hydrogen-bond acceptors (Lipinski definition) is 4. The van der Waals surface area contributed by atoms with E-state index < -0.39 is 10.0 Å². The fourth-order valence-electron chi connectivity index (χ4n) is 4.02. The van der Waals surface area contributed by atoms with E-state index in [1.165, 1.54) is 10.6 Å². The number of ether oxygens (including phenoxy) is 1. The molecule has 0 radical (unpaired) electrons. The van der Waals surface area contributed by atoms with Gasteiger partial charge in [0.15, 0.2) is 0 Å². The van der Waals surface area contributed by atoms with Gasteiger partial charge in [0.2, 0.25) is 15.9 Å². The number of nitrogens with one attached hydrogen (secondary N) is 1. The first-order valence-electron chi connectivity index (χ1n) is 10.6. The van der Waals surface area contributed by atoms with E-state index >= 15 is 0 Å². The number of aryl methyl sites for hydroxylation is 2. The molecule has 31 heavy (non-hydrogen) atoms. The third-order valence-electron chi connectivity index (χ3n) is 5.41. The molecule has 0 aromatic heterocycles. The molecule has 0 fully saturated rings. The van der Waals surface area contributed by atoms with Crippen molar-refractivity contribution in [3.8, 4) is 5.75 Å². The van der Waals surface area contributed by atoms with E-state index in [4.69, 9.17) is 4.74 Å². The van der Waals surface area contributed by atoms with Crippen LogP contribution in [0.25, 0.3) is 0 Å². The van der Waals surface area contributed by atoms with Crippen molar-refractivity contribution >= 4 is 21.6 Å². The topological polar surface area (TPSA) is 75.7 Å². The number of sulfonamides is 1. The number of amides is 1. The first-order valence-corrected chi connectivity index (χ1v) is 12.4. The van der Waals surface area contributed by atoms with Gasteiger partial charge in [0.05, 0.1) is 18.0 Å². The van der Waals surface area contributed by atoms with E-state index in [0.717, 1.165) is 22.4 Å². The highest BCUT2D eigenvalue weighted by atomic mass is 32.2. The standard InChI is InChI=1S/C24H32N2O4S/c1-17-8-6-9-19(14-17)26(31(5,28)29)13-7-10-23(27)25-21-16-24(3,4)30-22-12-11-18(2)15-20(21)22/h6,8-9,11-12,14-15,21H,7,10,13,16H2,1-5H3,(H,25,27)/t21-/m1/s1. The third kappa shape index (κ3) is 6.00. The Kier molecular flexibility index (Phi) is 6.65. The van der Waals surface area contributed by atoms with Gasteiger partial charge in [-0.3, -0.25) is 9.10 Å². The summed E-state index contributed by atoms with van der Waals surface area (Å²) < 4.78 is 32.0. The molecule has 1 atom stereocenters. The molecule has 2 aromatic carbocycles. The fourth-order valence-corrected chi connectivity index (χ4v) is 4.98. The van der Waals surface area contributed by atoms with E-state index in [-0.39, 0.29) is 30.5 Å². The summed E-state index contributed by atoms with van der Waals surface area (Å²) in [4.78, 5) is 12.7. The summed E-state index contributed by atoms with van der Waals surface area (Å²) in [6.07, 6.45) is 2.55. The van der Waals surface area contributed by atoms with Gasteiger partial charge in [0, 0.05) is 24.9 Å². The minimum Gasteiger partial charge on any atom is -0.487 e. The number of fused-ring (bicyclic) bond motifs is 1. The zero-order valence-corrected chi connectivity index (χ0v) is 19.8. The van der Waals surface area contributed by atoms with Crippen LogP contribution in [0.3, 0.4) is 0 Å². The lowest BCUT2D eigenvalue weighted by atomic mass is 9.89. The van der Waals surface area contributed by atoms with Crippen molar-refractivity contribution in [2.45, 2.75) is 58.6 Å². The molecule has 0 saturated heterocycles. The predicted molar refractivity (Wildman–Crippen MR) is 124 cm³/mol. The van der Waals surface area contributed by atoms with Crippen molar-refractivity contribution in [1.29, 1.82) is 0 Å². The first kappa shape index (κ1) is 23.1. The van der Waals surface area contributed by atoms with Crippen molar-refractivity contribution in [2.24, 2.45) is 0 Å². The lowest BCUT2D eigenvalue weighted by Crippen LogP contribution is -2.41. The zero-order valence-electron chi connectivity index (χ0n) is 18.9. The number of hydrogen-bond donors (Lipinski definition) is 1. The molecule has 0 spiro atoms. The van der Waals surface area contributed by atoms with Crippen LogP contribution in [-0.4, -0.2) is 32.7 Å². The molecule has 0 aliphatic carbocycles. The predicted octanol–water partition coefficient (Wildman–Crippen LogP) is 4.27. The van der Waals surface area contributed by atoms with Gasteiger partial charge in [0.25, 0.3) is 0 Å². The summed E-state index contributed by atoms with van der Waals surface area (Å²) >= 11 is 0. The summed E-state index contributed by atoms with van der Waals surface area (Å²) in [7, 11) is -3.43. The van der Waals surface area contributed by atoms with Crippen molar-refractivity contribution in [2.75, 3.05) is 17.1 Å². The van der Waals surface area contributed by atoms with E-state index in [9.17, 15) is 13.2 Å². The molecule has 7 heteroatoms. The number of anilines is 1. The summed E-state index contributed by atoms with van der Waals surface area (Å²) in [5.41, 5.74) is 3.34. The van der Waals surface area contributed by atoms with Gasteiger partial charge in [-0.2, -0.15) is 0 Å². The molecular formula is C24H32N2O4S. The number of nitrogens with zero attached hydrogens (tertiary/aromatic N) is 1. The van der Waals surface area contributed by atoms with E-state index in [2.05, 4.69) is 11.4 Å². The summed E-state index contributed by atoms with van der Waals surface area (Å²) in [5.74, 6) is 0.711. The maximum atomic E-state index is 12.7. The van der Waals surface area contributed by atoms with Crippen LogP contribution in [0, 0.1) is 13.8 Å². The monoisotopic (exact) mass is 444 g/mol. The van der Waals surface area contributed by atoms with Gasteiger partial charge in [-0.05, 0) is 57.9 Å². The molecule has 3 rings (SSSR count). The fraction of sp³-hybridized carbons (Fsp3) is 0.458. The average molecular weight is 445 g/mol. The smallest absolute Gasteiger partial charge is 0.232 e. The first-order chi connectivity index (χ1) is 14.4. The Hall–Kier alpha value is -2.54. The number of carbonyl (C=O) groups is 1. The van der Waals surface area contributed by atoms with E-state index in [1.54, 1.807) is 6.07 Å². The normalized spacial score (nSPS) is 17.4. The minimum atomic E-state index is -3.43. The highest BCUT2D eigenvalue weighted by molar-refractivity contribution is 7.92. The SMILES string of the molecule is Cc1cccc(N(CCCC(=O)N[C@@H]2CC(C)(C)Oc3ccc(C)cc32)S(C)(=O)=O)c1. The molecule has 1 N–H and O–H groups in total. The van der Waals surface area contributed by atoms with Crippen LogP contribution in [0.15, 0.2) is 42.5 Å².